The minimum absolute atomic E-state index is 0.00349. The number of hydrazone groups is 1. The molecular formula is C30H29N3O6S. The summed E-state index contributed by atoms with van der Waals surface area (Å²) in [6, 6.07) is 26.3. The molecule has 0 spiro atoms. The fraction of sp³-hybridized carbons (Fsp3) is 0.133. The van der Waals surface area contributed by atoms with E-state index >= 15 is 0 Å². The number of nitrogens with one attached hydrogen (secondary N) is 1. The standard InChI is InChI=1S/C30H29N3O6S/c1-3-39-29-19-23(13-18-28(29)34)20-31-32-30(35)26-11-7-8-12-27(26)33(21-22-9-5-4-6-10-22)40(36,37)25-16-14-24(38-2)15-17-25/h4-20,34H,3,21H2,1-2H3,(H,32,35). The highest BCUT2D eigenvalue weighted by Gasteiger charge is 2.28. The Morgan fingerprint density at radius 1 is 0.975 bits per heavy atom. The van der Waals surface area contributed by atoms with Crippen molar-refractivity contribution in [1.29, 1.82) is 0 Å². The van der Waals surface area contributed by atoms with Crippen LogP contribution in [0.3, 0.4) is 0 Å². The van der Waals surface area contributed by atoms with Gasteiger partial charge in [-0.25, -0.2) is 13.8 Å². The lowest BCUT2D eigenvalue weighted by Gasteiger charge is -2.26. The summed E-state index contributed by atoms with van der Waals surface area (Å²) in [5.74, 6) is 0.212. The van der Waals surface area contributed by atoms with Gasteiger partial charge in [-0.1, -0.05) is 42.5 Å². The van der Waals surface area contributed by atoms with Crippen LogP contribution in [0.15, 0.2) is 107 Å². The van der Waals surface area contributed by atoms with Crippen LogP contribution in [-0.2, 0) is 16.6 Å². The maximum Gasteiger partial charge on any atom is 0.273 e. The second-order valence-corrected chi connectivity index (χ2v) is 10.4. The van der Waals surface area contributed by atoms with E-state index in [1.807, 2.05) is 30.3 Å². The van der Waals surface area contributed by atoms with Crippen LogP contribution in [0.2, 0.25) is 0 Å². The molecule has 0 saturated carbocycles. The van der Waals surface area contributed by atoms with Crippen LogP contribution >= 0.6 is 0 Å². The molecular weight excluding hydrogens is 530 g/mol. The van der Waals surface area contributed by atoms with E-state index in [4.69, 9.17) is 9.47 Å². The van der Waals surface area contributed by atoms with Crippen molar-refractivity contribution >= 4 is 27.8 Å². The number of anilines is 1. The molecule has 0 heterocycles. The summed E-state index contributed by atoms with van der Waals surface area (Å²) in [6.45, 7) is 2.17. The number of hydrogen-bond donors (Lipinski definition) is 2. The molecule has 0 unspecified atom stereocenters. The van der Waals surface area contributed by atoms with E-state index in [9.17, 15) is 18.3 Å². The molecule has 4 aromatic rings. The highest BCUT2D eigenvalue weighted by Crippen LogP contribution is 2.30. The van der Waals surface area contributed by atoms with E-state index in [0.29, 0.717) is 23.7 Å². The number of nitrogens with zero attached hydrogens (tertiary/aromatic N) is 2. The molecule has 40 heavy (non-hydrogen) atoms. The van der Waals surface area contributed by atoms with Crippen molar-refractivity contribution in [2.45, 2.75) is 18.4 Å². The Hall–Kier alpha value is -4.83. The number of carbonyl (C=O) groups is 1. The van der Waals surface area contributed by atoms with Gasteiger partial charge >= 0.3 is 0 Å². The average Bonchev–Trinajstić information content (AvgIpc) is 2.98. The predicted octanol–water partition coefficient (Wildman–Crippen LogP) is 4.96. The average molecular weight is 560 g/mol. The summed E-state index contributed by atoms with van der Waals surface area (Å²) in [5.41, 5.74) is 4.11. The normalized spacial score (nSPS) is 11.2. The van der Waals surface area contributed by atoms with E-state index in [0.717, 1.165) is 5.56 Å². The zero-order valence-electron chi connectivity index (χ0n) is 22.0. The van der Waals surface area contributed by atoms with Crippen molar-refractivity contribution in [3.05, 3.63) is 114 Å². The lowest BCUT2D eigenvalue weighted by Crippen LogP contribution is -2.33. The number of rotatable bonds is 11. The predicted molar refractivity (Wildman–Crippen MR) is 154 cm³/mol. The first kappa shape index (κ1) is 28.2. The molecule has 0 aliphatic rings. The molecule has 2 N–H and O–H groups in total. The van der Waals surface area contributed by atoms with Crippen LogP contribution in [0.25, 0.3) is 0 Å². The summed E-state index contributed by atoms with van der Waals surface area (Å²) < 4.78 is 39.6. The molecule has 0 aromatic heterocycles. The molecule has 206 valence electrons. The zero-order chi connectivity index (χ0) is 28.5. The Morgan fingerprint density at radius 3 is 2.38 bits per heavy atom. The molecule has 0 radical (unpaired) electrons. The number of amides is 1. The number of carbonyl (C=O) groups excluding carboxylic acids is 1. The van der Waals surface area contributed by atoms with Crippen LogP contribution in [-0.4, -0.2) is 39.4 Å². The number of phenols is 1. The first-order valence-electron chi connectivity index (χ1n) is 12.4. The first-order valence-corrected chi connectivity index (χ1v) is 13.9. The number of benzene rings is 4. The molecule has 4 aromatic carbocycles. The van der Waals surface area contributed by atoms with Crippen molar-refractivity contribution < 1.29 is 27.8 Å². The number of hydrogen-bond acceptors (Lipinski definition) is 7. The Morgan fingerprint density at radius 2 is 1.68 bits per heavy atom. The lowest BCUT2D eigenvalue weighted by atomic mass is 10.1. The Labute approximate surface area is 233 Å². The van der Waals surface area contributed by atoms with Crippen molar-refractivity contribution in [1.82, 2.24) is 5.43 Å². The minimum atomic E-state index is -4.09. The third-order valence-corrected chi connectivity index (χ3v) is 7.67. The molecule has 4 rings (SSSR count). The van der Waals surface area contributed by atoms with Crippen LogP contribution in [0, 0.1) is 0 Å². The van der Waals surface area contributed by atoms with Gasteiger partial charge < -0.3 is 14.6 Å². The van der Waals surface area contributed by atoms with E-state index in [1.165, 1.54) is 41.9 Å². The Bertz CT molecular complexity index is 1590. The van der Waals surface area contributed by atoms with Gasteiger partial charge in [0.1, 0.15) is 5.75 Å². The SMILES string of the molecule is CCOc1cc(C=NNC(=O)c2ccccc2N(Cc2ccccc2)S(=O)(=O)c2ccc(OC)cc2)ccc1O. The van der Waals surface area contributed by atoms with E-state index in [2.05, 4.69) is 10.5 Å². The smallest absolute Gasteiger partial charge is 0.273 e. The molecule has 0 fully saturated rings. The van der Waals surface area contributed by atoms with E-state index < -0.39 is 15.9 Å². The topological polar surface area (TPSA) is 118 Å². The maximum atomic E-state index is 13.9. The number of aromatic hydroxyl groups is 1. The zero-order valence-corrected chi connectivity index (χ0v) is 22.8. The molecule has 1 amide bonds. The molecule has 0 aliphatic carbocycles. The third kappa shape index (κ3) is 6.59. The van der Waals surface area contributed by atoms with Crippen molar-refractivity contribution in [2.75, 3.05) is 18.0 Å². The van der Waals surface area contributed by atoms with Gasteiger partial charge in [0.05, 0.1) is 42.6 Å². The van der Waals surface area contributed by atoms with E-state index in [-0.39, 0.29) is 28.4 Å². The monoisotopic (exact) mass is 559 g/mol. The molecule has 9 nitrogen and oxygen atoms in total. The van der Waals surface area contributed by atoms with Crippen molar-refractivity contribution in [3.63, 3.8) is 0 Å². The highest BCUT2D eigenvalue weighted by molar-refractivity contribution is 7.92. The number of phenolic OH excluding ortho intramolecular Hbond substituents is 1. The van der Waals surface area contributed by atoms with Crippen molar-refractivity contribution in [2.24, 2.45) is 5.10 Å². The van der Waals surface area contributed by atoms with Gasteiger partial charge in [-0.2, -0.15) is 5.10 Å². The van der Waals surface area contributed by atoms with Crippen LogP contribution in [0.1, 0.15) is 28.4 Å². The Balaban J connectivity index is 1.67. The molecule has 10 heteroatoms. The first-order chi connectivity index (χ1) is 19.3. The largest absolute Gasteiger partial charge is 0.504 e. The second-order valence-electron chi connectivity index (χ2n) is 8.55. The number of ether oxygens (including phenoxy) is 2. The number of para-hydroxylation sites is 1. The van der Waals surface area contributed by atoms with Crippen LogP contribution < -0.4 is 19.2 Å². The quantitative estimate of drug-likeness (QED) is 0.198. The summed E-state index contributed by atoms with van der Waals surface area (Å²) in [6.07, 6.45) is 1.40. The van der Waals surface area contributed by atoms with E-state index in [1.54, 1.807) is 49.4 Å². The summed E-state index contributed by atoms with van der Waals surface area (Å²) >= 11 is 0. The summed E-state index contributed by atoms with van der Waals surface area (Å²) in [4.78, 5) is 13.3. The number of sulfonamides is 1. The fourth-order valence-corrected chi connectivity index (χ4v) is 5.39. The van der Waals surface area contributed by atoms with Gasteiger partial charge in [-0.3, -0.25) is 9.10 Å². The van der Waals surface area contributed by atoms with Crippen LogP contribution in [0.5, 0.6) is 17.2 Å². The second kappa shape index (κ2) is 12.8. The highest BCUT2D eigenvalue weighted by atomic mass is 32.2. The van der Waals surface area contributed by atoms with Gasteiger partial charge in [-0.15, -0.1) is 0 Å². The number of methoxy groups -OCH3 is 1. The van der Waals surface area contributed by atoms with Gasteiger partial charge in [0.15, 0.2) is 11.5 Å². The lowest BCUT2D eigenvalue weighted by molar-refractivity contribution is 0.0955. The van der Waals surface area contributed by atoms with Gasteiger partial charge in [0.2, 0.25) is 0 Å². The summed E-state index contributed by atoms with van der Waals surface area (Å²) in [7, 11) is -2.59. The van der Waals surface area contributed by atoms with Gasteiger partial charge in [0.25, 0.3) is 15.9 Å². The summed E-state index contributed by atoms with van der Waals surface area (Å²) in [5, 5.41) is 13.9. The molecule has 0 aliphatic heterocycles. The molecule has 0 saturated heterocycles. The molecule has 0 bridgehead atoms. The minimum Gasteiger partial charge on any atom is -0.504 e. The molecule has 0 atom stereocenters. The van der Waals surface area contributed by atoms with Gasteiger partial charge in [0, 0.05) is 0 Å². The fourth-order valence-electron chi connectivity index (χ4n) is 3.91. The van der Waals surface area contributed by atoms with Gasteiger partial charge in [-0.05, 0) is 72.6 Å². The maximum absolute atomic E-state index is 13.9. The van der Waals surface area contributed by atoms with Crippen LogP contribution in [0.4, 0.5) is 5.69 Å². The Kier molecular flexibility index (Phi) is 9.03. The van der Waals surface area contributed by atoms with Crippen molar-refractivity contribution in [3.8, 4) is 17.2 Å². The third-order valence-electron chi connectivity index (χ3n) is 5.90.